The van der Waals surface area contributed by atoms with E-state index >= 15 is 4.39 Å². The fraction of sp³-hybridized carbons (Fsp3) is 0.448. The van der Waals surface area contributed by atoms with Crippen molar-refractivity contribution in [3.8, 4) is 11.3 Å². The number of amides is 1. The van der Waals surface area contributed by atoms with Gasteiger partial charge in [0, 0.05) is 55.9 Å². The zero-order valence-corrected chi connectivity index (χ0v) is 22.3. The van der Waals surface area contributed by atoms with Gasteiger partial charge in [-0.2, -0.15) is 5.10 Å². The third-order valence-corrected chi connectivity index (χ3v) is 7.90. The number of aromatic nitrogens is 6. The number of benzene rings is 1. The fourth-order valence-corrected chi connectivity index (χ4v) is 5.36. The number of nitrogens with zero attached hydrogens (tertiary/aromatic N) is 7. The first-order valence-electron chi connectivity index (χ1n) is 13.8. The summed E-state index contributed by atoms with van der Waals surface area (Å²) in [5.74, 6) is -1.18. The molecule has 1 saturated heterocycles. The summed E-state index contributed by atoms with van der Waals surface area (Å²) in [5, 5.41) is 4.51. The van der Waals surface area contributed by atoms with E-state index in [1.807, 2.05) is 10.9 Å². The van der Waals surface area contributed by atoms with Gasteiger partial charge in [-0.1, -0.05) is 0 Å². The first-order valence-corrected chi connectivity index (χ1v) is 13.8. The van der Waals surface area contributed by atoms with Crippen LogP contribution in [0.2, 0.25) is 0 Å². The van der Waals surface area contributed by atoms with Crippen LogP contribution in [0.5, 0.6) is 0 Å². The maximum absolute atomic E-state index is 15.1. The molecule has 206 valence electrons. The van der Waals surface area contributed by atoms with E-state index < -0.39 is 11.6 Å². The normalized spacial score (nSPS) is 21.1. The standard InChI is InChI=1S/C29H29F2N7O2/c1-37(2)29(39)26-23(15-3-4-15)34-28-25(33-26)24(20-8-5-18(30)12-21(20)31)35-27(36-28)16-9-10-40-22(11-16)17-13-32-38(14-17)19-6-7-19/h5,8,12-16,19,22H,3-4,6-7,9-11H2,1-2H3/t16-,22+/m1/s1. The van der Waals surface area contributed by atoms with Crippen LogP contribution in [0.1, 0.15) is 90.1 Å². The van der Waals surface area contributed by atoms with E-state index in [4.69, 9.17) is 24.7 Å². The molecule has 0 unspecified atom stereocenters. The van der Waals surface area contributed by atoms with Crippen molar-refractivity contribution >= 4 is 17.1 Å². The smallest absolute Gasteiger partial charge is 0.273 e. The summed E-state index contributed by atoms with van der Waals surface area (Å²) in [7, 11) is 3.31. The van der Waals surface area contributed by atoms with Gasteiger partial charge in [-0.25, -0.2) is 28.7 Å². The van der Waals surface area contributed by atoms with E-state index in [0.29, 0.717) is 42.7 Å². The molecule has 4 heterocycles. The summed E-state index contributed by atoms with van der Waals surface area (Å²) in [6.45, 7) is 0.515. The minimum absolute atomic E-state index is 0.0797. The molecule has 11 heteroatoms. The van der Waals surface area contributed by atoms with Gasteiger partial charge in [-0.3, -0.25) is 9.48 Å². The van der Waals surface area contributed by atoms with Gasteiger partial charge in [-0.05, 0) is 50.7 Å². The van der Waals surface area contributed by atoms with Gasteiger partial charge in [0.2, 0.25) is 0 Å². The third kappa shape index (κ3) is 4.61. The van der Waals surface area contributed by atoms with Gasteiger partial charge in [0.25, 0.3) is 5.91 Å². The SMILES string of the molecule is CN(C)C(=O)c1nc2c(-c3ccc(F)cc3F)nc([C@@H]3CCO[C@H](c4cnn(C5CC5)c4)C3)nc2nc1C1CC1. The molecular weight excluding hydrogens is 516 g/mol. The highest BCUT2D eigenvalue weighted by Gasteiger charge is 2.34. The van der Waals surface area contributed by atoms with E-state index in [1.165, 1.54) is 17.0 Å². The van der Waals surface area contributed by atoms with Gasteiger partial charge in [0.15, 0.2) is 11.3 Å². The van der Waals surface area contributed by atoms with E-state index in [1.54, 1.807) is 14.1 Å². The molecule has 2 atom stereocenters. The van der Waals surface area contributed by atoms with Crippen LogP contribution in [0.3, 0.4) is 0 Å². The van der Waals surface area contributed by atoms with Crippen molar-refractivity contribution in [2.75, 3.05) is 20.7 Å². The number of hydrogen-bond donors (Lipinski definition) is 0. The lowest BCUT2D eigenvalue weighted by molar-refractivity contribution is 0.00396. The average molecular weight is 546 g/mol. The molecule has 0 bridgehead atoms. The first kappa shape index (κ1) is 25.1. The Morgan fingerprint density at radius 2 is 1.85 bits per heavy atom. The lowest BCUT2D eigenvalue weighted by Crippen LogP contribution is -2.25. The summed E-state index contributed by atoms with van der Waals surface area (Å²) in [4.78, 5) is 33.7. The van der Waals surface area contributed by atoms with Crippen molar-refractivity contribution < 1.29 is 18.3 Å². The van der Waals surface area contributed by atoms with Crippen molar-refractivity contribution in [2.24, 2.45) is 0 Å². The van der Waals surface area contributed by atoms with E-state index in [2.05, 4.69) is 11.3 Å². The van der Waals surface area contributed by atoms with Gasteiger partial charge in [-0.15, -0.1) is 0 Å². The molecule has 3 aromatic heterocycles. The highest BCUT2D eigenvalue weighted by molar-refractivity contribution is 5.97. The van der Waals surface area contributed by atoms with Crippen LogP contribution < -0.4 is 0 Å². The van der Waals surface area contributed by atoms with Crippen molar-refractivity contribution in [3.05, 3.63) is 65.0 Å². The van der Waals surface area contributed by atoms with Gasteiger partial charge in [0.1, 0.15) is 28.7 Å². The molecular formula is C29H29F2N7O2. The molecule has 40 heavy (non-hydrogen) atoms. The second-order valence-electron chi connectivity index (χ2n) is 11.2. The molecule has 1 aromatic carbocycles. The molecule has 0 radical (unpaired) electrons. The fourth-order valence-electron chi connectivity index (χ4n) is 5.36. The van der Waals surface area contributed by atoms with Crippen LogP contribution in [0.4, 0.5) is 8.78 Å². The second kappa shape index (κ2) is 9.65. The van der Waals surface area contributed by atoms with Crippen LogP contribution in [0, 0.1) is 11.6 Å². The molecule has 2 aliphatic carbocycles. The number of carbonyl (C=O) groups is 1. The molecule has 0 N–H and O–H groups in total. The Balaban J connectivity index is 1.34. The van der Waals surface area contributed by atoms with Gasteiger partial charge in [0.05, 0.1) is 24.0 Å². The van der Waals surface area contributed by atoms with Crippen LogP contribution in [0.15, 0.2) is 30.6 Å². The highest BCUT2D eigenvalue weighted by atomic mass is 19.1. The zero-order chi connectivity index (χ0) is 27.5. The number of halogens is 2. The topological polar surface area (TPSA) is 98.9 Å². The van der Waals surface area contributed by atoms with E-state index in [0.717, 1.165) is 37.3 Å². The molecule has 3 fully saturated rings. The Bertz CT molecular complexity index is 1630. The maximum atomic E-state index is 15.1. The van der Waals surface area contributed by atoms with Crippen molar-refractivity contribution in [3.63, 3.8) is 0 Å². The number of ether oxygens (including phenoxy) is 1. The van der Waals surface area contributed by atoms with E-state index in [9.17, 15) is 9.18 Å². The predicted molar refractivity (Wildman–Crippen MR) is 142 cm³/mol. The van der Waals surface area contributed by atoms with Crippen molar-refractivity contribution in [1.29, 1.82) is 0 Å². The van der Waals surface area contributed by atoms with Gasteiger partial charge >= 0.3 is 0 Å². The molecule has 2 saturated carbocycles. The third-order valence-electron chi connectivity index (χ3n) is 7.90. The monoisotopic (exact) mass is 545 g/mol. The van der Waals surface area contributed by atoms with Crippen molar-refractivity contribution in [1.82, 2.24) is 34.6 Å². The van der Waals surface area contributed by atoms with Crippen LogP contribution in [-0.2, 0) is 4.74 Å². The largest absolute Gasteiger partial charge is 0.373 e. The Labute approximate surface area is 229 Å². The second-order valence-corrected chi connectivity index (χ2v) is 11.2. The van der Waals surface area contributed by atoms with Crippen LogP contribution in [0.25, 0.3) is 22.4 Å². The average Bonchev–Trinajstić information content (AvgIpc) is 3.90. The zero-order valence-electron chi connectivity index (χ0n) is 22.3. The van der Waals surface area contributed by atoms with Crippen LogP contribution >= 0.6 is 0 Å². The van der Waals surface area contributed by atoms with Crippen LogP contribution in [-0.4, -0.2) is 61.2 Å². The lowest BCUT2D eigenvalue weighted by atomic mass is 9.92. The molecule has 0 spiro atoms. The molecule has 7 rings (SSSR count). The number of rotatable bonds is 6. The Morgan fingerprint density at radius 1 is 1.02 bits per heavy atom. The highest BCUT2D eigenvalue weighted by Crippen LogP contribution is 2.43. The Hall–Kier alpha value is -3.86. The minimum atomic E-state index is -0.767. The quantitative estimate of drug-likeness (QED) is 0.332. The molecule has 3 aliphatic rings. The number of fused-ring (bicyclic) bond motifs is 1. The van der Waals surface area contributed by atoms with Gasteiger partial charge < -0.3 is 9.64 Å². The number of hydrogen-bond acceptors (Lipinski definition) is 7. The lowest BCUT2D eigenvalue weighted by Gasteiger charge is -2.28. The minimum Gasteiger partial charge on any atom is -0.373 e. The summed E-state index contributed by atoms with van der Waals surface area (Å²) in [6.07, 6.45) is 9.21. The first-order chi connectivity index (χ1) is 19.4. The molecule has 4 aromatic rings. The summed E-state index contributed by atoms with van der Waals surface area (Å²) in [5.41, 5.74) is 2.66. The summed E-state index contributed by atoms with van der Waals surface area (Å²) >= 11 is 0. The summed E-state index contributed by atoms with van der Waals surface area (Å²) < 4.78 is 37.1. The molecule has 1 aliphatic heterocycles. The maximum Gasteiger partial charge on any atom is 0.273 e. The molecule has 1 amide bonds. The Morgan fingerprint density at radius 3 is 2.58 bits per heavy atom. The Kier molecular flexibility index (Phi) is 6.06. The number of carbonyl (C=O) groups excluding carboxylic acids is 1. The summed E-state index contributed by atoms with van der Waals surface area (Å²) in [6, 6.07) is 3.84. The van der Waals surface area contributed by atoms with Crippen molar-refractivity contribution in [2.45, 2.75) is 62.5 Å². The van der Waals surface area contributed by atoms with E-state index in [-0.39, 0.29) is 46.3 Å². The predicted octanol–water partition coefficient (Wildman–Crippen LogP) is 5.11. The molecule has 9 nitrogen and oxygen atoms in total.